The Morgan fingerprint density at radius 2 is 2.33 bits per heavy atom. The Labute approximate surface area is 77.0 Å². The van der Waals surface area contributed by atoms with Gasteiger partial charge in [0, 0.05) is 23.4 Å². The van der Waals surface area contributed by atoms with Crippen LogP contribution in [0.2, 0.25) is 0 Å². The monoisotopic (exact) mass is 182 g/mol. The normalized spacial score (nSPS) is 22.2. The Kier molecular flexibility index (Phi) is 1.75. The summed E-state index contributed by atoms with van der Waals surface area (Å²) >= 11 is 1.85. The first-order valence-corrected chi connectivity index (χ1v) is 5.04. The fraction of sp³-hybridized carbons (Fsp3) is 0.556. The molecular weight excluding hydrogens is 168 g/mol. The molecule has 12 heavy (non-hydrogen) atoms. The molecule has 0 aliphatic carbocycles. The highest BCUT2D eigenvalue weighted by Crippen LogP contribution is 2.35. The number of hydrogen-bond donors (Lipinski definition) is 1. The van der Waals surface area contributed by atoms with Crippen LogP contribution in [-0.2, 0) is 12.0 Å². The van der Waals surface area contributed by atoms with Crippen molar-refractivity contribution >= 4 is 11.3 Å². The van der Waals surface area contributed by atoms with E-state index in [4.69, 9.17) is 5.84 Å². The molecule has 0 atom stereocenters. The molecule has 2 rings (SSSR count). The van der Waals surface area contributed by atoms with E-state index in [1.54, 1.807) is 0 Å². The smallest absolute Gasteiger partial charge is 0.0390 e. The highest BCUT2D eigenvalue weighted by Gasteiger charge is 2.31. The van der Waals surface area contributed by atoms with Gasteiger partial charge in [0.1, 0.15) is 0 Å². The summed E-state index contributed by atoms with van der Waals surface area (Å²) in [4.78, 5) is 1.50. The van der Waals surface area contributed by atoms with E-state index < -0.39 is 0 Å². The lowest BCUT2D eigenvalue weighted by Crippen LogP contribution is -2.44. The molecule has 0 saturated carbocycles. The first-order valence-electron chi connectivity index (χ1n) is 4.16. The summed E-state index contributed by atoms with van der Waals surface area (Å²) in [5.74, 6) is 5.82. The number of nitrogens with zero attached hydrogens (tertiary/aromatic N) is 1. The van der Waals surface area contributed by atoms with E-state index in [-0.39, 0.29) is 5.41 Å². The minimum Gasteiger partial charge on any atom is -0.268 e. The third-order valence-electron chi connectivity index (χ3n) is 2.33. The topological polar surface area (TPSA) is 29.3 Å². The zero-order chi connectivity index (χ0) is 8.77. The average molecular weight is 182 g/mol. The molecule has 0 amide bonds. The summed E-state index contributed by atoms with van der Waals surface area (Å²) in [7, 11) is 0. The van der Waals surface area contributed by atoms with Gasteiger partial charge in [-0.3, -0.25) is 5.84 Å². The lowest BCUT2D eigenvalue weighted by atomic mass is 9.86. The van der Waals surface area contributed by atoms with Crippen LogP contribution in [0.25, 0.3) is 0 Å². The number of nitrogens with two attached hydrogens (primary N) is 1. The second kappa shape index (κ2) is 2.55. The highest BCUT2D eigenvalue weighted by atomic mass is 32.1. The van der Waals surface area contributed by atoms with Gasteiger partial charge in [0.2, 0.25) is 0 Å². The van der Waals surface area contributed by atoms with Crippen molar-refractivity contribution in [3.8, 4) is 0 Å². The van der Waals surface area contributed by atoms with Gasteiger partial charge in [0.25, 0.3) is 0 Å². The van der Waals surface area contributed by atoms with Gasteiger partial charge in [-0.05, 0) is 17.0 Å². The second-order valence-electron chi connectivity index (χ2n) is 4.06. The third-order valence-corrected chi connectivity index (χ3v) is 3.66. The maximum Gasteiger partial charge on any atom is 0.0390 e. The Morgan fingerprint density at radius 1 is 1.58 bits per heavy atom. The molecule has 0 spiro atoms. The fourth-order valence-corrected chi connectivity index (χ4v) is 2.94. The van der Waals surface area contributed by atoms with E-state index in [1.807, 2.05) is 16.3 Å². The summed E-state index contributed by atoms with van der Waals surface area (Å²) < 4.78 is 0. The molecule has 0 fully saturated rings. The molecule has 1 aliphatic rings. The van der Waals surface area contributed by atoms with Gasteiger partial charge in [0.05, 0.1) is 0 Å². The molecular formula is C9H14N2S. The Hall–Kier alpha value is -0.380. The lowest BCUT2D eigenvalue weighted by molar-refractivity contribution is 0.202. The zero-order valence-corrected chi connectivity index (χ0v) is 8.32. The van der Waals surface area contributed by atoms with Crippen molar-refractivity contribution in [2.24, 2.45) is 5.84 Å². The van der Waals surface area contributed by atoms with Gasteiger partial charge in [-0.25, -0.2) is 5.01 Å². The van der Waals surface area contributed by atoms with Crippen molar-refractivity contribution < 1.29 is 0 Å². The molecule has 2 heterocycles. The van der Waals surface area contributed by atoms with E-state index in [1.165, 1.54) is 10.4 Å². The molecule has 66 valence electrons. The Bertz CT molecular complexity index is 290. The standard InChI is InChI=1S/C9H14N2S/c1-9(2)6-11(10)5-7-3-4-12-8(7)9/h3-4H,5-6,10H2,1-2H3. The zero-order valence-electron chi connectivity index (χ0n) is 7.50. The van der Waals surface area contributed by atoms with Gasteiger partial charge in [0.15, 0.2) is 0 Å². The van der Waals surface area contributed by atoms with Crippen molar-refractivity contribution in [3.05, 3.63) is 21.9 Å². The Morgan fingerprint density at radius 3 is 3.08 bits per heavy atom. The molecule has 1 aromatic rings. The predicted octanol–water partition coefficient (Wildman–Crippen LogP) is 1.72. The summed E-state index contributed by atoms with van der Waals surface area (Å²) in [6.45, 7) is 6.37. The molecule has 2 nitrogen and oxygen atoms in total. The number of fused-ring (bicyclic) bond motifs is 1. The average Bonchev–Trinajstić information content (AvgIpc) is 2.32. The summed E-state index contributed by atoms with van der Waals surface area (Å²) in [6.07, 6.45) is 0. The molecule has 0 unspecified atom stereocenters. The number of hydrazine groups is 1. The third kappa shape index (κ3) is 1.18. The largest absolute Gasteiger partial charge is 0.268 e. The molecule has 2 N–H and O–H groups in total. The van der Waals surface area contributed by atoms with Gasteiger partial charge in [-0.2, -0.15) is 0 Å². The van der Waals surface area contributed by atoms with Crippen molar-refractivity contribution in [1.82, 2.24) is 5.01 Å². The first kappa shape index (κ1) is 8.23. The van der Waals surface area contributed by atoms with Gasteiger partial charge in [-0.1, -0.05) is 13.8 Å². The Balaban J connectivity index is 2.45. The molecule has 0 bridgehead atoms. The SMILES string of the molecule is CC1(C)CN(N)Cc2ccsc21. The van der Waals surface area contributed by atoms with E-state index in [9.17, 15) is 0 Å². The van der Waals surface area contributed by atoms with Crippen molar-refractivity contribution in [2.75, 3.05) is 6.54 Å². The van der Waals surface area contributed by atoms with Crippen LogP contribution in [-0.4, -0.2) is 11.6 Å². The maximum absolute atomic E-state index is 5.82. The summed E-state index contributed by atoms with van der Waals surface area (Å²) in [5.41, 5.74) is 1.63. The van der Waals surface area contributed by atoms with Gasteiger partial charge < -0.3 is 0 Å². The van der Waals surface area contributed by atoms with E-state index >= 15 is 0 Å². The minimum atomic E-state index is 0.233. The molecule has 0 aromatic carbocycles. The van der Waals surface area contributed by atoms with Crippen LogP contribution in [0.4, 0.5) is 0 Å². The van der Waals surface area contributed by atoms with Crippen LogP contribution < -0.4 is 5.84 Å². The number of rotatable bonds is 0. The fourth-order valence-electron chi connectivity index (χ4n) is 1.91. The van der Waals surface area contributed by atoms with Gasteiger partial charge in [-0.15, -0.1) is 11.3 Å². The van der Waals surface area contributed by atoms with Crippen LogP contribution in [0, 0.1) is 0 Å². The van der Waals surface area contributed by atoms with Crippen LogP contribution in [0.15, 0.2) is 11.4 Å². The number of thiophene rings is 1. The molecule has 1 aromatic heterocycles. The predicted molar refractivity (Wildman–Crippen MR) is 51.9 cm³/mol. The van der Waals surface area contributed by atoms with Crippen molar-refractivity contribution in [1.29, 1.82) is 0 Å². The van der Waals surface area contributed by atoms with Gasteiger partial charge >= 0.3 is 0 Å². The lowest BCUT2D eigenvalue weighted by Gasteiger charge is -2.35. The van der Waals surface area contributed by atoms with Crippen LogP contribution in [0.5, 0.6) is 0 Å². The maximum atomic E-state index is 5.82. The van der Waals surface area contributed by atoms with E-state index in [2.05, 4.69) is 25.3 Å². The van der Waals surface area contributed by atoms with Crippen molar-refractivity contribution in [3.63, 3.8) is 0 Å². The molecule has 0 saturated heterocycles. The second-order valence-corrected chi connectivity index (χ2v) is 4.98. The minimum absolute atomic E-state index is 0.233. The quantitative estimate of drug-likeness (QED) is 0.619. The highest BCUT2D eigenvalue weighted by molar-refractivity contribution is 7.10. The van der Waals surface area contributed by atoms with E-state index in [0.717, 1.165) is 13.1 Å². The molecule has 1 aliphatic heterocycles. The molecule has 3 heteroatoms. The molecule has 0 radical (unpaired) electrons. The summed E-state index contributed by atoms with van der Waals surface area (Å²) in [5, 5.41) is 4.06. The number of hydrogen-bond acceptors (Lipinski definition) is 3. The van der Waals surface area contributed by atoms with Crippen LogP contribution >= 0.6 is 11.3 Å². The van der Waals surface area contributed by atoms with E-state index in [0.29, 0.717) is 0 Å². The van der Waals surface area contributed by atoms with Crippen LogP contribution in [0.3, 0.4) is 0 Å². The van der Waals surface area contributed by atoms with Crippen molar-refractivity contribution in [2.45, 2.75) is 25.8 Å². The summed E-state index contributed by atoms with van der Waals surface area (Å²) in [6, 6.07) is 2.18. The van der Waals surface area contributed by atoms with Crippen LogP contribution in [0.1, 0.15) is 24.3 Å². The first-order chi connectivity index (χ1) is 5.59.